The summed E-state index contributed by atoms with van der Waals surface area (Å²) in [6, 6.07) is 0. The molecule has 0 spiro atoms. The van der Waals surface area contributed by atoms with Crippen LogP contribution in [0.1, 0.15) is 271 Å². The van der Waals surface area contributed by atoms with Crippen molar-refractivity contribution in [3.8, 4) is 0 Å². The first-order valence-electron chi connectivity index (χ1n) is 23.7. The van der Waals surface area contributed by atoms with Gasteiger partial charge in [-0.05, 0) is 91.8 Å². The van der Waals surface area contributed by atoms with Gasteiger partial charge < -0.3 is 0 Å². The van der Waals surface area contributed by atoms with E-state index in [0.717, 1.165) is 65.1 Å². The van der Waals surface area contributed by atoms with E-state index in [1.807, 2.05) is 0 Å². The van der Waals surface area contributed by atoms with Crippen molar-refractivity contribution in [3.63, 3.8) is 0 Å². The van der Waals surface area contributed by atoms with Crippen LogP contribution < -0.4 is 0 Å². The van der Waals surface area contributed by atoms with Gasteiger partial charge in [0.25, 0.3) is 0 Å². The molecule has 0 aliphatic carbocycles. The van der Waals surface area contributed by atoms with Gasteiger partial charge in [0.1, 0.15) is 0 Å². The van der Waals surface area contributed by atoms with Crippen LogP contribution in [0.25, 0.3) is 0 Å². The van der Waals surface area contributed by atoms with E-state index in [1.165, 1.54) is 82.6 Å². The molecule has 0 amide bonds. The van der Waals surface area contributed by atoms with Gasteiger partial charge in [0.15, 0.2) is 0 Å². The standard InChI is InChI=1S/C9H20.C8H18.C8H16.C7H16.2C6H14.C5H12.C4H10/c1-4-5-6-7-8-9(2)3;2*1-7(2)5-6-8(3)4;1-6(2)5-7(3)4;1-5(2)6(3)4;1-4-5-6(2)3;1-4-5(2)3;1-4(2)3/h9H,4-8H2,1-3H3;7-8H,5-6H2,1-4H3;5,8H,6H2,1-4H3;6-7H,5H2,1-4H3;5-6H,1-4H3;6H,4-5H2,1-3H3;5H,4H2,1-3H3;4H,1-3H3. The van der Waals surface area contributed by atoms with Gasteiger partial charge in [0.05, 0.1) is 0 Å². The quantitative estimate of drug-likeness (QED) is 0.109. The Balaban J connectivity index is -0.0000000736. The molecule has 0 aromatic carbocycles. The normalized spacial score (nSPS) is 10.4. The molecule has 0 N–H and O–H groups in total. The van der Waals surface area contributed by atoms with Crippen LogP contribution in [-0.2, 0) is 0 Å². The van der Waals surface area contributed by atoms with Crippen molar-refractivity contribution in [3.05, 3.63) is 11.6 Å². The molecule has 0 nitrogen and oxygen atoms in total. The Labute approximate surface area is 346 Å². The number of rotatable bonds is 16. The van der Waals surface area contributed by atoms with Crippen molar-refractivity contribution in [2.45, 2.75) is 271 Å². The van der Waals surface area contributed by atoms with E-state index in [0.29, 0.717) is 0 Å². The summed E-state index contributed by atoms with van der Waals surface area (Å²) in [5.74, 6) is 9.56. The second kappa shape index (κ2) is 56.1. The minimum atomic E-state index is 0.810. The molecule has 0 unspecified atom stereocenters. The molecule has 0 bridgehead atoms. The molecule has 0 aromatic heterocycles. The lowest BCUT2D eigenvalue weighted by molar-refractivity contribution is 0.457. The van der Waals surface area contributed by atoms with Crippen molar-refractivity contribution >= 4 is 0 Å². The summed E-state index contributed by atoms with van der Waals surface area (Å²) in [6.07, 6.45) is 18.7. The van der Waals surface area contributed by atoms with Crippen LogP contribution in [0.5, 0.6) is 0 Å². The summed E-state index contributed by atoms with van der Waals surface area (Å²) in [4.78, 5) is 0. The van der Waals surface area contributed by atoms with E-state index in [9.17, 15) is 0 Å². The molecule has 0 saturated carbocycles. The summed E-state index contributed by atoms with van der Waals surface area (Å²) in [7, 11) is 0. The van der Waals surface area contributed by atoms with Crippen LogP contribution in [-0.4, -0.2) is 0 Å². The molecular formula is C53H120. The highest BCUT2D eigenvalue weighted by molar-refractivity contribution is 4.93. The Morgan fingerprint density at radius 2 is 0.679 bits per heavy atom. The highest BCUT2D eigenvalue weighted by Crippen LogP contribution is 2.11. The van der Waals surface area contributed by atoms with Crippen molar-refractivity contribution in [2.24, 2.45) is 65.1 Å². The van der Waals surface area contributed by atoms with Gasteiger partial charge in [-0.3, -0.25) is 0 Å². The first-order valence-corrected chi connectivity index (χ1v) is 23.7. The fraction of sp³-hybridized carbons (Fsp3) is 0.962. The zero-order valence-electron chi connectivity index (χ0n) is 43.9. The predicted octanol–water partition coefficient (Wildman–Crippen LogP) is 20.8. The van der Waals surface area contributed by atoms with E-state index >= 15 is 0 Å². The minimum absolute atomic E-state index is 0.810. The second-order valence-corrected chi connectivity index (χ2v) is 20.7. The minimum Gasteiger partial charge on any atom is -0.0856 e. The third-order valence-electron chi connectivity index (χ3n) is 7.91. The smallest absolute Gasteiger partial charge is 0.0325 e. The molecule has 0 aliphatic rings. The van der Waals surface area contributed by atoms with Crippen LogP contribution in [0.4, 0.5) is 0 Å². The summed E-state index contributed by atoms with van der Waals surface area (Å²) >= 11 is 0. The molecule has 0 aliphatic heterocycles. The van der Waals surface area contributed by atoms with Gasteiger partial charge in [0, 0.05) is 0 Å². The maximum Gasteiger partial charge on any atom is -0.0325 e. The van der Waals surface area contributed by atoms with Crippen molar-refractivity contribution in [1.29, 1.82) is 0 Å². The van der Waals surface area contributed by atoms with Crippen LogP contribution in [0, 0.1) is 65.1 Å². The predicted molar refractivity (Wildman–Crippen MR) is 261 cm³/mol. The average Bonchev–Trinajstić information content (AvgIpc) is 2.98. The van der Waals surface area contributed by atoms with Crippen LogP contribution >= 0.6 is 0 Å². The molecule has 0 aromatic rings. The van der Waals surface area contributed by atoms with Crippen molar-refractivity contribution in [1.82, 2.24) is 0 Å². The summed E-state index contributed by atoms with van der Waals surface area (Å²) < 4.78 is 0. The topological polar surface area (TPSA) is 0 Å². The molecule has 0 radical (unpaired) electrons. The van der Waals surface area contributed by atoms with Gasteiger partial charge in [-0.1, -0.05) is 256 Å². The zero-order chi connectivity index (χ0) is 44.1. The highest BCUT2D eigenvalue weighted by Gasteiger charge is 1.97. The number of hydrogen-bond donors (Lipinski definition) is 0. The average molecular weight is 758 g/mol. The first kappa shape index (κ1) is 70.5. The maximum atomic E-state index is 2.30. The first-order chi connectivity index (χ1) is 24.1. The molecule has 53 heavy (non-hydrogen) atoms. The largest absolute Gasteiger partial charge is 0.0856 e. The van der Waals surface area contributed by atoms with Crippen LogP contribution in [0.15, 0.2) is 11.6 Å². The zero-order valence-corrected chi connectivity index (χ0v) is 43.9. The van der Waals surface area contributed by atoms with Crippen molar-refractivity contribution < 1.29 is 0 Å². The van der Waals surface area contributed by atoms with Crippen LogP contribution in [0.3, 0.4) is 0 Å². The number of allylic oxidation sites excluding steroid dienone is 2. The van der Waals surface area contributed by atoms with E-state index in [2.05, 4.69) is 200 Å². The van der Waals surface area contributed by atoms with Gasteiger partial charge in [-0.25, -0.2) is 0 Å². The van der Waals surface area contributed by atoms with Crippen molar-refractivity contribution in [2.75, 3.05) is 0 Å². The fourth-order valence-electron chi connectivity index (χ4n) is 3.64. The Morgan fingerprint density at radius 1 is 0.358 bits per heavy atom. The summed E-state index contributed by atoms with van der Waals surface area (Å²) in [5.41, 5.74) is 1.43. The number of unbranched alkanes of at least 4 members (excludes halogenated alkanes) is 3. The monoisotopic (exact) mass is 757 g/mol. The van der Waals surface area contributed by atoms with E-state index in [1.54, 1.807) is 0 Å². The van der Waals surface area contributed by atoms with Gasteiger partial charge in [0.2, 0.25) is 0 Å². The Morgan fingerprint density at radius 3 is 0.792 bits per heavy atom. The van der Waals surface area contributed by atoms with Gasteiger partial charge in [-0.2, -0.15) is 0 Å². The second-order valence-electron chi connectivity index (χ2n) is 20.7. The van der Waals surface area contributed by atoms with E-state index in [4.69, 9.17) is 0 Å². The third-order valence-corrected chi connectivity index (χ3v) is 7.91. The fourth-order valence-corrected chi connectivity index (χ4v) is 3.64. The highest BCUT2D eigenvalue weighted by atomic mass is 14.0. The van der Waals surface area contributed by atoms with Crippen LogP contribution in [0.2, 0.25) is 0 Å². The Kier molecular flexibility index (Phi) is 74.6. The Hall–Kier alpha value is -0.260. The lowest BCUT2D eigenvalue weighted by atomic mass is 10.0. The van der Waals surface area contributed by atoms with E-state index < -0.39 is 0 Å². The summed E-state index contributed by atoms with van der Waals surface area (Å²) in [5, 5.41) is 0. The third kappa shape index (κ3) is 155. The molecule has 0 rings (SSSR count). The maximum absolute atomic E-state index is 2.30. The van der Waals surface area contributed by atoms with E-state index in [-0.39, 0.29) is 0 Å². The molecule has 332 valence electrons. The van der Waals surface area contributed by atoms with Gasteiger partial charge in [-0.15, -0.1) is 0 Å². The lowest BCUT2D eigenvalue weighted by Crippen LogP contribution is -1.95. The number of hydrogen-bond acceptors (Lipinski definition) is 0. The molecule has 0 atom stereocenters. The lowest BCUT2D eigenvalue weighted by Gasteiger charge is -2.05. The molecular weight excluding hydrogens is 637 g/mol. The summed E-state index contributed by atoms with van der Waals surface area (Å²) in [6.45, 7) is 62.6. The van der Waals surface area contributed by atoms with Gasteiger partial charge >= 0.3 is 0 Å². The molecule has 0 heterocycles. The molecule has 0 fully saturated rings. The SMILES string of the molecule is CC(C)=CCC(C)C.CC(C)C.CC(C)C(C)C.CC(C)CC(C)C.CC(C)CCC(C)C.CCC(C)C.CCCC(C)C.CCCCCCC(C)C. The Bertz CT molecular complexity index is 552. The molecule has 0 heteroatoms. The molecule has 0 saturated heterocycles.